The highest BCUT2D eigenvalue weighted by Gasteiger charge is 2.23. The first-order valence-corrected chi connectivity index (χ1v) is 11.5. The lowest BCUT2D eigenvalue weighted by molar-refractivity contribution is -0.123. The molecule has 1 amide bonds. The van der Waals surface area contributed by atoms with E-state index in [9.17, 15) is 13.2 Å². The van der Waals surface area contributed by atoms with Gasteiger partial charge in [0.1, 0.15) is 11.6 Å². The molecule has 1 aliphatic rings. The summed E-state index contributed by atoms with van der Waals surface area (Å²) in [6.45, 7) is 3.61. The van der Waals surface area contributed by atoms with Crippen molar-refractivity contribution in [1.29, 1.82) is 0 Å². The highest BCUT2D eigenvalue weighted by molar-refractivity contribution is 7.90. The Morgan fingerprint density at radius 1 is 1.10 bits per heavy atom. The van der Waals surface area contributed by atoms with Crippen molar-refractivity contribution >= 4 is 38.8 Å². The molecule has 1 aliphatic carbocycles. The van der Waals surface area contributed by atoms with Crippen LogP contribution in [0.1, 0.15) is 42.9 Å². The van der Waals surface area contributed by atoms with Crippen molar-refractivity contribution in [2.45, 2.75) is 50.2 Å². The highest BCUT2D eigenvalue weighted by atomic mass is 32.2. The third-order valence-electron chi connectivity index (χ3n) is 4.78. The topological polar surface area (TPSA) is 101 Å². The summed E-state index contributed by atoms with van der Waals surface area (Å²) in [4.78, 5) is 20.7. The van der Waals surface area contributed by atoms with Crippen LogP contribution in [0.25, 0.3) is 0 Å². The molecule has 9 heteroatoms. The number of hydrogen-bond acceptors (Lipinski definition) is 6. The van der Waals surface area contributed by atoms with Gasteiger partial charge >= 0.3 is 0 Å². The Kier molecular flexibility index (Phi) is 6.59. The van der Waals surface area contributed by atoms with Crippen LogP contribution in [-0.4, -0.2) is 29.4 Å². The van der Waals surface area contributed by atoms with Gasteiger partial charge in [-0.15, -0.1) is 0 Å². The van der Waals surface area contributed by atoms with Gasteiger partial charge in [0.2, 0.25) is 5.91 Å². The zero-order valence-corrected chi connectivity index (χ0v) is 18.1. The fourth-order valence-corrected chi connectivity index (χ4v) is 4.83. The zero-order chi connectivity index (χ0) is 21.0. The van der Waals surface area contributed by atoms with E-state index < -0.39 is 9.84 Å². The summed E-state index contributed by atoms with van der Waals surface area (Å²) in [5.74, 6) is -0.0269. The van der Waals surface area contributed by atoms with E-state index in [1.165, 1.54) is 12.1 Å². The number of nitrogens with one attached hydrogen (secondary N) is 2. The largest absolute Gasteiger partial charge is 0.332 e. The SMILES string of the molecule is Cc1cc(C)nc(CS(=O)(=O)c2ccc(NC(=S)NC(=O)C3CCCC3)cc2)n1. The molecule has 2 aromatic rings. The van der Waals surface area contributed by atoms with Gasteiger partial charge in [0.05, 0.1) is 4.90 Å². The number of carbonyl (C=O) groups is 1. The van der Waals surface area contributed by atoms with E-state index in [1.807, 2.05) is 0 Å². The molecule has 1 aromatic heterocycles. The molecule has 1 aromatic carbocycles. The second kappa shape index (κ2) is 8.96. The highest BCUT2D eigenvalue weighted by Crippen LogP contribution is 2.24. The third-order valence-corrected chi connectivity index (χ3v) is 6.61. The Balaban J connectivity index is 1.62. The number of aromatic nitrogens is 2. The van der Waals surface area contributed by atoms with E-state index >= 15 is 0 Å². The smallest absolute Gasteiger partial charge is 0.229 e. The molecule has 1 fully saturated rings. The van der Waals surface area contributed by atoms with E-state index in [-0.39, 0.29) is 33.4 Å². The van der Waals surface area contributed by atoms with Crippen LogP contribution in [-0.2, 0) is 20.4 Å². The normalized spacial score (nSPS) is 14.6. The van der Waals surface area contributed by atoms with Crippen LogP contribution in [0.15, 0.2) is 35.2 Å². The van der Waals surface area contributed by atoms with Crippen molar-refractivity contribution in [3.63, 3.8) is 0 Å². The van der Waals surface area contributed by atoms with Crippen LogP contribution in [0.5, 0.6) is 0 Å². The number of sulfone groups is 1. The molecular formula is C20H24N4O3S2. The predicted molar refractivity (Wildman–Crippen MR) is 115 cm³/mol. The summed E-state index contributed by atoms with van der Waals surface area (Å²) >= 11 is 5.19. The van der Waals surface area contributed by atoms with E-state index in [0.717, 1.165) is 37.1 Å². The average molecular weight is 433 g/mol. The molecule has 0 saturated heterocycles. The predicted octanol–water partition coefficient (Wildman–Crippen LogP) is 3.07. The summed E-state index contributed by atoms with van der Waals surface area (Å²) in [6, 6.07) is 8.03. The second-order valence-electron chi connectivity index (χ2n) is 7.28. The van der Waals surface area contributed by atoms with Gasteiger partial charge in [-0.25, -0.2) is 18.4 Å². The lowest BCUT2D eigenvalue weighted by Crippen LogP contribution is -2.37. The van der Waals surface area contributed by atoms with Crippen LogP contribution in [0, 0.1) is 19.8 Å². The van der Waals surface area contributed by atoms with E-state index in [1.54, 1.807) is 32.0 Å². The number of benzene rings is 1. The third kappa shape index (κ3) is 5.80. The number of carbonyl (C=O) groups excluding carboxylic acids is 1. The first-order valence-electron chi connectivity index (χ1n) is 9.49. The van der Waals surface area contributed by atoms with Crippen molar-refractivity contribution in [2.75, 3.05) is 5.32 Å². The minimum atomic E-state index is -3.58. The molecule has 0 aliphatic heterocycles. The molecule has 3 rings (SSSR count). The van der Waals surface area contributed by atoms with Crippen LogP contribution in [0.4, 0.5) is 5.69 Å². The molecule has 2 N–H and O–H groups in total. The maximum Gasteiger partial charge on any atom is 0.229 e. The van der Waals surface area contributed by atoms with Gasteiger partial charge in [-0.2, -0.15) is 0 Å². The number of anilines is 1. The minimum absolute atomic E-state index is 0.0229. The zero-order valence-electron chi connectivity index (χ0n) is 16.4. The van der Waals surface area contributed by atoms with Crippen LogP contribution < -0.4 is 10.6 Å². The van der Waals surface area contributed by atoms with Crippen LogP contribution >= 0.6 is 12.2 Å². The molecule has 7 nitrogen and oxygen atoms in total. The Morgan fingerprint density at radius 3 is 2.28 bits per heavy atom. The van der Waals surface area contributed by atoms with Crippen molar-refractivity contribution < 1.29 is 13.2 Å². The molecular weight excluding hydrogens is 408 g/mol. The maximum absolute atomic E-state index is 12.7. The van der Waals surface area contributed by atoms with Crippen molar-refractivity contribution in [2.24, 2.45) is 5.92 Å². The quantitative estimate of drug-likeness (QED) is 0.700. The molecule has 0 bridgehead atoms. The standard InChI is InChI=1S/C20H24N4O3S2/c1-13-11-14(2)22-18(21-13)12-29(26,27)17-9-7-16(8-10-17)23-20(28)24-19(25)15-5-3-4-6-15/h7-11,15H,3-6,12H2,1-2H3,(H2,23,24,25,28). The Bertz CT molecular complexity index is 994. The molecule has 0 unspecified atom stereocenters. The molecule has 0 spiro atoms. The average Bonchev–Trinajstić information content (AvgIpc) is 3.15. The van der Waals surface area contributed by atoms with Gasteiger partial charge in [0.25, 0.3) is 0 Å². The fraction of sp³-hybridized carbons (Fsp3) is 0.400. The minimum Gasteiger partial charge on any atom is -0.332 e. The van der Waals surface area contributed by atoms with Crippen molar-refractivity contribution in [3.8, 4) is 0 Å². The number of amides is 1. The molecule has 0 radical (unpaired) electrons. The van der Waals surface area contributed by atoms with Crippen LogP contribution in [0.2, 0.25) is 0 Å². The fourth-order valence-electron chi connectivity index (χ4n) is 3.43. The summed E-state index contributed by atoms with van der Waals surface area (Å²) in [7, 11) is -3.58. The summed E-state index contributed by atoms with van der Waals surface area (Å²) in [5.41, 5.74) is 2.06. The monoisotopic (exact) mass is 432 g/mol. The van der Waals surface area contributed by atoms with Gasteiger partial charge in [-0.1, -0.05) is 12.8 Å². The molecule has 29 heavy (non-hydrogen) atoms. The number of hydrogen-bond donors (Lipinski definition) is 2. The summed E-state index contributed by atoms with van der Waals surface area (Å²) in [6.07, 6.45) is 3.93. The number of rotatable bonds is 5. The van der Waals surface area contributed by atoms with E-state index in [4.69, 9.17) is 12.2 Å². The Labute approximate surface area is 176 Å². The van der Waals surface area contributed by atoms with Gasteiger partial charge in [-0.05, 0) is 69.2 Å². The summed E-state index contributed by atoms with van der Waals surface area (Å²) in [5, 5.41) is 5.83. The van der Waals surface area contributed by atoms with Gasteiger partial charge in [-0.3, -0.25) is 4.79 Å². The van der Waals surface area contributed by atoms with Crippen molar-refractivity contribution in [3.05, 3.63) is 47.5 Å². The number of thiocarbonyl (C=S) groups is 1. The van der Waals surface area contributed by atoms with Gasteiger partial charge in [0.15, 0.2) is 14.9 Å². The first kappa shape index (κ1) is 21.3. The van der Waals surface area contributed by atoms with Crippen LogP contribution in [0.3, 0.4) is 0 Å². The molecule has 0 atom stereocenters. The lowest BCUT2D eigenvalue weighted by Gasteiger charge is -2.13. The maximum atomic E-state index is 12.7. The van der Waals surface area contributed by atoms with Crippen molar-refractivity contribution in [1.82, 2.24) is 15.3 Å². The van der Waals surface area contributed by atoms with Gasteiger partial charge in [0, 0.05) is 23.0 Å². The van der Waals surface area contributed by atoms with E-state index in [0.29, 0.717) is 5.69 Å². The lowest BCUT2D eigenvalue weighted by atomic mass is 10.1. The second-order valence-corrected chi connectivity index (χ2v) is 9.67. The molecule has 154 valence electrons. The van der Waals surface area contributed by atoms with E-state index in [2.05, 4.69) is 20.6 Å². The summed E-state index contributed by atoms with van der Waals surface area (Å²) < 4.78 is 25.3. The Hall–Kier alpha value is -2.39. The Morgan fingerprint density at radius 2 is 1.69 bits per heavy atom. The van der Waals surface area contributed by atoms with Gasteiger partial charge < -0.3 is 10.6 Å². The number of nitrogens with zero attached hydrogens (tertiary/aromatic N) is 2. The number of aryl methyl sites for hydroxylation is 2. The molecule has 1 saturated carbocycles. The first-order chi connectivity index (χ1) is 13.7. The molecule has 1 heterocycles.